The van der Waals surface area contributed by atoms with Crippen LogP contribution in [0.2, 0.25) is 0 Å². The van der Waals surface area contributed by atoms with Crippen LogP contribution in [0.5, 0.6) is 0 Å². The maximum absolute atomic E-state index is 9.50. The average molecular weight is 193 g/mol. The highest BCUT2D eigenvalue weighted by Gasteiger charge is 2.12. The first kappa shape index (κ1) is 12.3. The van der Waals surface area contributed by atoms with E-state index in [1.807, 2.05) is 18.5 Å². The number of nitrogens with zero attached hydrogens (tertiary/aromatic N) is 1. The van der Waals surface area contributed by atoms with Crippen molar-refractivity contribution in [3.05, 3.63) is 0 Å². The van der Waals surface area contributed by atoms with E-state index >= 15 is 0 Å². The van der Waals surface area contributed by atoms with Crippen molar-refractivity contribution in [2.24, 2.45) is 0 Å². The molecule has 0 aromatic rings. The topological polar surface area (TPSA) is 32.7 Å². The fraction of sp³-hybridized carbons (Fsp3) is 1.00. The molecule has 0 aliphatic heterocycles. The molecular formula is C8H20NO2P. The molecule has 12 heavy (non-hydrogen) atoms. The normalized spacial score (nSPS) is 13.8. The molecule has 3 nitrogen and oxygen atoms in total. The van der Waals surface area contributed by atoms with E-state index in [2.05, 4.69) is 6.92 Å². The predicted molar refractivity (Wildman–Crippen MR) is 52.9 cm³/mol. The summed E-state index contributed by atoms with van der Waals surface area (Å²) in [6, 6.07) is 0. The van der Waals surface area contributed by atoms with E-state index in [0.29, 0.717) is 6.61 Å². The highest BCUT2D eigenvalue weighted by molar-refractivity contribution is 7.43. The summed E-state index contributed by atoms with van der Waals surface area (Å²) in [7, 11) is -1.32. The second-order valence-electron chi connectivity index (χ2n) is 2.58. The van der Waals surface area contributed by atoms with Gasteiger partial charge in [-0.3, -0.25) is 0 Å². The Hall–Kier alpha value is 0.310. The molecule has 4 heteroatoms. The lowest BCUT2D eigenvalue weighted by molar-refractivity contribution is 0.256. The molecule has 0 saturated carbocycles. The van der Waals surface area contributed by atoms with Crippen molar-refractivity contribution in [3.63, 3.8) is 0 Å². The molecule has 0 bridgehead atoms. The lowest BCUT2D eigenvalue weighted by Gasteiger charge is -2.22. The van der Waals surface area contributed by atoms with Gasteiger partial charge in [0.05, 0.1) is 6.61 Å². The Kier molecular flexibility index (Phi) is 8.14. The molecule has 0 amide bonds. The second kappa shape index (κ2) is 7.93. The van der Waals surface area contributed by atoms with Crippen molar-refractivity contribution < 1.29 is 9.42 Å². The third-order valence-corrected chi connectivity index (χ3v) is 3.14. The van der Waals surface area contributed by atoms with Gasteiger partial charge in [-0.1, -0.05) is 27.2 Å². The van der Waals surface area contributed by atoms with Crippen LogP contribution in [0.25, 0.3) is 0 Å². The summed E-state index contributed by atoms with van der Waals surface area (Å²) in [5, 5.41) is 0. The second-order valence-corrected chi connectivity index (χ2v) is 3.91. The third kappa shape index (κ3) is 5.04. The van der Waals surface area contributed by atoms with Crippen LogP contribution in [-0.2, 0) is 4.52 Å². The number of hydrogen-bond acceptors (Lipinski definition) is 3. The van der Waals surface area contributed by atoms with Crippen LogP contribution in [0.4, 0.5) is 0 Å². The minimum atomic E-state index is -1.32. The van der Waals surface area contributed by atoms with E-state index < -0.39 is 8.53 Å². The van der Waals surface area contributed by atoms with Gasteiger partial charge in [-0.2, -0.15) is 0 Å². The van der Waals surface area contributed by atoms with Gasteiger partial charge in [0, 0.05) is 13.1 Å². The Morgan fingerprint density at radius 3 is 2.25 bits per heavy atom. The Balaban J connectivity index is 3.47. The molecular weight excluding hydrogens is 173 g/mol. The van der Waals surface area contributed by atoms with E-state index in [-0.39, 0.29) is 0 Å². The summed E-state index contributed by atoms with van der Waals surface area (Å²) < 4.78 is 7.21. The molecule has 1 atom stereocenters. The van der Waals surface area contributed by atoms with Crippen LogP contribution in [0.3, 0.4) is 0 Å². The van der Waals surface area contributed by atoms with Crippen molar-refractivity contribution in [1.29, 1.82) is 0 Å². The van der Waals surface area contributed by atoms with Crippen LogP contribution in [0.15, 0.2) is 0 Å². The van der Waals surface area contributed by atoms with E-state index in [0.717, 1.165) is 25.9 Å². The van der Waals surface area contributed by atoms with Crippen molar-refractivity contribution in [2.75, 3.05) is 19.7 Å². The van der Waals surface area contributed by atoms with Crippen LogP contribution in [-0.4, -0.2) is 29.3 Å². The summed E-state index contributed by atoms with van der Waals surface area (Å²) in [6.45, 7) is 8.54. The van der Waals surface area contributed by atoms with Gasteiger partial charge in [0.1, 0.15) is 0 Å². The average Bonchev–Trinajstić information content (AvgIpc) is 2.07. The first-order valence-electron chi connectivity index (χ1n) is 4.63. The van der Waals surface area contributed by atoms with Crippen LogP contribution >= 0.6 is 8.53 Å². The SMILES string of the molecule is CCCCOP(O)N(CC)CC. The van der Waals surface area contributed by atoms with E-state index in [4.69, 9.17) is 4.52 Å². The zero-order valence-corrected chi connectivity index (χ0v) is 9.18. The molecule has 1 N–H and O–H groups in total. The maximum Gasteiger partial charge on any atom is 0.255 e. The smallest absolute Gasteiger partial charge is 0.255 e. The molecule has 0 heterocycles. The molecule has 0 aromatic heterocycles. The van der Waals surface area contributed by atoms with Gasteiger partial charge in [0.2, 0.25) is 0 Å². The van der Waals surface area contributed by atoms with Crippen molar-refractivity contribution in [1.82, 2.24) is 4.67 Å². The molecule has 0 aromatic carbocycles. The minimum Gasteiger partial charge on any atom is -0.338 e. The van der Waals surface area contributed by atoms with E-state index in [9.17, 15) is 4.89 Å². The summed E-state index contributed by atoms with van der Waals surface area (Å²) in [5.74, 6) is 0. The highest BCUT2D eigenvalue weighted by Crippen LogP contribution is 2.35. The Labute approximate surface area is 76.7 Å². The number of rotatable bonds is 7. The Morgan fingerprint density at radius 1 is 1.25 bits per heavy atom. The first-order chi connectivity index (χ1) is 5.76. The number of hydrogen-bond donors (Lipinski definition) is 1. The summed E-state index contributed by atoms with van der Waals surface area (Å²) in [6.07, 6.45) is 2.14. The van der Waals surface area contributed by atoms with Gasteiger partial charge >= 0.3 is 0 Å². The van der Waals surface area contributed by atoms with E-state index in [1.54, 1.807) is 0 Å². The highest BCUT2D eigenvalue weighted by atomic mass is 31.2. The maximum atomic E-state index is 9.50. The lowest BCUT2D eigenvalue weighted by atomic mass is 10.4. The quantitative estimate of drug-likeness (QED) is 0.497. The zero-order chi connectivity index (χ0) is 9.40. The number of unbranched alkanes of at least 4 members (excludes halogenated alkanes) is 1. The fourth-order valence-corrected chi connectivity index (χ4v) is 1.78. The van der Waals surface area contributed by atoms with Gasteiger partial charge in [-0.05, 0) is 6.42 Å². The van der Waals surface area contributed by atoms with Crippen LogP contribution in [0, 0.1) is 0 Å². The third-order valence-electron chi connectivity index (χ3n) is 1.68. The van der Waals surface area contributed by atoms with Crippen molar-refractivity contribution in [3.8, 4) is 0 Å². The van der Waals surface area contributed by atoms with Crippen molar-refractivity contribution in [2.45, 2.75) is 33.6 Å². The molecule has 0 aliphatic rings. The Bertz CT molecular complexity index is 99.1. The summed E-state index contributed by atoms with van der Waals surface area (Å²) in [4.78, 5) is 9.50. The Morgan fingerprint density at radius 2 is 1.83 bits per heavy atom. The lowest BCUT2D eigenvalue weighted by Crippen LogP contribution is -2.17. The van der Waals surface area contributed by atoms with Gasteiger partial charge in [-0.25, -0.2) is 4.67 Å². The summed E-state index contributed by atoms with van der Waals surface area (Å²) in [5.41, 5.74) is 0. The summed E-state index contributed by atoms with van der Waals surface area (Å²) >= 11 is 0. The van der Waals surface area contributed by atoms with Crippen LogP contribution < -0.4 is 0 Å². The minimum absolute atomic E-state index is 0.676. The van der Waals surface area contributed by atoms with E-state index in [1.165, 1.54) is 0 Å². The largest absolute Gasteiger partial charge is 0.338 e. The molecule has 0 fully saturated rings. The molecule has 0 spiro atoms. The molecule has 1 unspecified atom stereocenters. The van der Waals surface area contributed by atoms with Crippen LogP contribution in [0.1, 0.15) is 33.6 Å². The predicted octanol–water partition coefficient (Wildman–Crippen LogP) is 2.36. The zero-order valence-electron chi connectivity index (χ0n) is 8.29. The molecule has 0 saturated heterocycles. The monoisotopic (exact) mass is 193 g/mol. The molecule has 0 radical (unpaired) electrons. The van der Waals surface area contributed by atoms with Gasteiger partial charge in [-0.15, -0.1) is 0 Å². The molecule has 0 aliphatic carbocycles. The first-order valence-corrected chi connectivity index (χ1v) is 5.79. The van der Waals surface area contributed by atoms with Crippen molar-refractivity contribution >= 4 is 8.53 Å². The molecule has 74 valence electrons. The standard InChI is InChI=1S/C8H20NO2P/c1-4-7-8-11-12(10)9(5-2)6-3/h10H,4-8H2,1-3H3. The van der Waals surface area contributed by atoms with Gasteiger partial charge in [0.25, 0.3) is 8.53 Å². The molecule has 0 rings (SSSR count). The van der Waals surface area contributed by atoms with Gasteiger partial charge in [0.15, 0.2) is 0 Å². The van der Waals surface area contributed by atoms with Gasteiger partial charge < -0.3 is 9.42 Å². The fourth-order valence-electron chi connectivity index (χ4n) is 0.838.